The second kappa shape index (κ2) is 9.14. The largest absolute Gasteiger partial charge is 0.316 e. The molecule has 0 fully saturated rings. The van der Waals surface area contributed by atoms with Crippen molar-refractivity contribution >= 4 is 0 Å². The van der Waals surface area contributed by atoms with Crippen LogP contribution in [-0.4, -0.2) is 13.1 Å². The molecule has 1 nitrogen and oxygen atoms in total. The molecule has 0 saturated heterocycles. The van der Waals surface area contributed by atoms with Crippen molar-refractivity contribution in [3.05, 3.63) is 35.4 Å². The predicted molar refractivity (Wildman–Crippen MR) is 85.8 cm³/mol. The second-order valence-electron chi connectivity index (χ2n) is 6.30. The number of hydrogen-bond acceptors (Lipinski definition) is 1. The lowest BCUT2D eigenvalue weighted by molar-refractivity contribution is 0.530. The van der Waals surface area contributed by atoms with Gasteiger partial charge in [-0.15, -0.1) is 0 Å². The molecule has 0 heterocycles. The zero-order valence-corrected chi connectivity index (χ0v) is 13.2. The Hall–Kier alpha value is -0.820. The molecule has 1 heteroatoms. The number of unbranched alkanes of at least 4 members (excludes halogenated alkanes) is 2. The first-order chi connectivity index (χ1) is 9.09. The van der Waals surface area contributed by atoms with Crippen molar-refractivity contribution in [2.45, 2.75) is 59.3 Å². The minimum Gasteiger partial charge on any atom is -0.316 e. The molecule has 0 atom stereocenters. The van der Waals surface area contributed by atoms with Crippen LogP contribution >= 0.6 is 0 Å². The minimum absolute atomic E-state index is 0.640. The first kappa shape index (κ1) is 16.2. The zero-order valence-electron chi connectivity index (χ0n) is 13.2. The molecule has 1 aromatic rings. The third kappa shape index (κ3) is 7.37. The molecular formula is C18H31N. The molecule has 1 aromatic carbocycles. The number of benzene rings is 1. The summed E-state index contributed by atoms with van der Waals surface area (Å²) in [5.41, 5.74) is 2.93. The fraction of sp³-hybridized carbons (Fsp3) is 0.667. The van der Waals surface area contributed by atoms with Gasteiger partial charge in [0.25, 0.3) is 0 Å². The Bertz CT molecular complexity index is 324. The maximum absolute atomic E-state index is 3.50. The van der Waals surface area contributed by atoms with Crippen molar-refractivity contribution in [2.75, 3.05) is 13.1 Å². The van der Waals surface area contributed by atoms with E-state index in [9.17, 15) is 0 Å². The molecule has 1 rings (SSSR count). The summed E-state index contributed by atoms with van der Waals surface area (Å²) in [5, 5.41) is 3.50. The minimum atomic E-state index is 0.640. The van der Waals surface area contributed by atoms with Gasteiger partial charge in [0, 0.05) is 0 Å². The van der Waals surface area contributed by atoms with E-state index in [1.54, 1.807) is 0 Å². The van der Waals surface area contributed by atoms with Gasteiger partial charge >= 0.3 is 0 Å². The number of nitrogens with one attached hydrogen (secondary N) is 1. The molecule has 1 N–H and O–H groups in total. The maximum atomic E-state index is 3.50. The van der Waals surface area contributed by atoms with Gasteiger partial charge in [0.1, 0.15) is 0 Å². The molecule has 0 aliphatic carbocycles. The summed E-state index contributed by atoms with van der Waals surface area (Å²) in [6, 6.07) is 9.16. The summed E-state index contributed by atoms with van der Waals surface area (Å²) in [6.07, 6.45) is 5.17. The molecule has 0 unspecified atom stereocenters. The van der Waals surface area contributed by atoms with E-state index >= 15 is 0 Å². The van der Waals surface area contributed by atoms with E-state index in [0.29, 0.717) is 5.92 Å². The third-order valence-electron chi connectivity index (χ3n) is 3.52. The van der Waals surface area contributed by atoms with E-state index in [1.807, 2.05) is 0 Å². The average Bonchev–Trinajstić information content (AvgIpc) is 2.38. The van der Waals surface area contributed by atoms with Crippen molar-refractivity contribution in [3.63, 3.8) is 0 Å². The molecule has 0 saturated carbocycles. The number of rotatable bonds is 9. The first-order valence-corrected chi connectivity index (χ1v) is 7.89. The average molecular weight is 261 g/mol. The maximum Gasteiger partial charge on any atom is -0.00258 e. The highest BCUT2D eigenvalue weighted by Gasteiger charge is 1.99. The summed E-state index contributed by atoms with van der Waals surface area (Å²) in [7, 11) is 0. The van der Waals surface area contributed by atoms with Crippen LogP contribution in [0.5, 0.6) is 0 Å². The summed E-state index contributed by atoms with van der Waals surface area (Å²) in [6.45, 7) is 11.3. The van der Waals surface area contributed by atoms with Crippen LogP contribution in [0, 0.1) is 5.92 Å². The Morgan fingerprint density at radius 3 is 2.16 bits per heavy atom. The van der Waals surface area contributed by atoms with Gasteiger partial charge in [-0.25, -0.2) is 0 Å². The van der Waals surface area contributed by atoms with Gasteiger partial charge in [-0.05, 0) is 55.3 Å². The predicted octanol–water partition coefficient (Wildman–Crippen LogP) is 4.77. The van der Waals surface area contributed by atoms with E-state index in [4.69, 9.17) is 0 Å². The zero-order chi connectivity index (χ0) is 14.1. The summed E-state index contributed by atoms with van der Waals surface area (Å²) < 4.78 is 0. The van der Waals surface area contributed by atoms with E-state index < -0.39 is 0 Å². The lowest BCUT2D eigenvalue weighted by Crippen LogP contribution is -2.20. The quantitative estimate of drug-likeness (QED) is 0.631. The van der Waals surface area contributed by atoms with Crippen LogP contribution in [0.2, 0.25) is 0 Å². The van der Waals surface area contributed by atoms with E-state index in [1.165, 1.54) is 43.4 Å². The van der Waals surface area contributed by atoms with Gasteiger partial charge in [-0.2, -0.15) is 0 Å². The SMILES string of the molecule is CC(C)CNCCCCCc1ccc(C(C)C)cc1. The van der Waals surface area contributed by atoms with Crippen LogP contribution in [0.4, 0.5) is 0 Å². The van der Waals surface area contributed by atoms with Crippen molar-refractivity contribution in [1.82, 2.24) is 5.32 Å². The van der Waals surface area contributed by atoms with Gasteiger partial charge in [0.15, 0.2) is 0 Å². The lowest BCUT2D eigenvalue weighted by Gasteiger charge is -2.08. The molecule has 0 aliphatic heterocycles. The normalized spacial score (nSPS) is 11.5. The van der Waals surface area contributed by atoms with E-state index in [0.717, 1.165) is 12.5 Å². The van der Waals surface area contributed by atoms with Gasteiger partial charge in [-0.1, -0.05) is 58.4 Å². The Kier molecular flexibility index (Phi) is 7.81. The van der Waals surface area contributed by atoms with Crippen molar-refractivity contribution in [3.8, 4) is 0 Å². The molecule has 0 spiro atoms. The van der Waals surface area contributed by atoms with Crippen LogP contribution in [0.3, 0.4) is 0 Å². The fourth-order valence-corrected chi connectivity index (χ4v) is 2.22. The van der Waals surface area contributed by atoms with Crippen molar-refractivity contribution in [2.24, 2.45) is 5.92 Å². The highest BCUT2D eigenvalue weighted by Crippen LogP contribution is 2.15. The molecule has 0 aromatic heterocycles. The van der Waals surface area contributed by atoms with Gasteiger partial charge in [0.05, 0.1) is 0 Å². The smallest absolute Gasteiger partial charge is 0.00258 e. The molecule has 108 valence electrons. The Labute approximate surface area is 119 Å². The summed E-state index contributed by atoms with van der Waals surface area (Å²) >= 11 is 0. The lowest BCUT2D eigenvalue weighted by atomic mass is 10.00. The van der Waals surface area contributed by atoms with E-state index in [-0.39, 0.29) is 0 Å². The van der Waals surface area contributed by atoms with Crippen molar-refractivity contribution in [1.29, 1.82) is 0 Å². The Balaban J connectivity index is 2.09. The molecular weight excluding hydrogens is 230 g/mol. The van der Waals surface area contributed by atoms with Gasteiger partial charge in [0.2, 0.25) is 0 Å². The van der Waals surface area contributed by atoms with E-state index in [2.05, 4.69) is 57.3 Å². The molecule has 19 heavy (non-hydrogen) atoms. The van der Waals surface area contributed by atoms with Crippen LogP contribution < -0.4 is 5.32 Å². The Morgan fingerprint density at radius 2 is 1.58 bits per heavy atom. The number of aryl methyl sites for hydroxylation is 1. The molecule has 0 bridgehead atoms. The molecule has 0 radical (unpaired) electrons. The molecule has 0 aliphatic rings. The van der Waals surface area contributed by atoms with Gasteiger partial charge < -0.3 is 5.32 Å². The van der Waals surface area contributed by atoms with Crippen LogP contribution in [0.1, 0.15) is 64.0 Å². The number of hydrogen-bond donors (Lipinski definition) is 1. The Morgan fingerprint density at radius 1 is 0.895 bits per heavy atom. The topological polar surface area (TPSA) is 12.0 Å². The second-order valence-corrected chi connectivity index (χ2v) is 6.30. The van der Waals surface area contributed by atoms with Gasteiger partial charge in [-0.3, -0.25) is 0 Å². The highest BCUT2D eigenvalue weighted by molar-refractivity contribution is 5.24. The third-order valence-corrected chi connectivity index (χ3v) is 3.52. The first-order valence-electron chi connectivity index (χ1n) is 7.89. The van der Waals surface area contributed by atoms with Crippen molar-refractivity contribution < 1.29 is 0 Å². The fourth-order valence-electron chi connectivity index (χ4n) is 2.22. The standard InChI is InChI=1S/C18H31N/c1-15(2)14-19-13-7-5-6-8-17-9-11-18(12-10-17)16(3)4/h9-12,15-16,19H,5-8,13-14H2,1-4H3. The summed E-state index contributed by atoms with van der Waals surface area (Å²) in [4.78, 5) is 0. The van der Waals surface area contributed by atoms with Crippen LogP contribution in [-0.2, 0) is 6.42 Å². The highest BCUT2D eigenvalue weighted by atomic mass is 14.8. The van der Waals surface area contributed by atoms with Crippen LogP contribution in [0.15, 0.2) is 24.3 Å². The molecule has 0 amide bonds. The van der Waals surface area contributed by atoms with Crippen LogP contribution in [0.25, 0.3) is 0 Å². The summed E-state index contributed by atoms with van der Waals surface area (Å²) in [5.74, 6) is 1.40. The monoisotopic (exact) mass is 261 g/mol.